The van der Waals surface area contributed by atoms with Gasteiger partial charge in [-0.3, -0.25) is 4.79 Å². The highest BCUT2D eigenvalue weighted by Crippen LogP contribution is 2.72. The fraction of sp³-hybridized carbons (Fsp3) is 0.667. The Labute approximate surface area is 221 Å². The summed E-state index contributed by atoms with van der Waals surface area (Å²) in [4.78, 5) is 27.9. The smallest absolute Gasteiger partial charge is 0.471 e. The largest absolute Gasteiger partial charge is 0.508 e. The third-order valence-corrected chi connectivity index (χ3v) is 9.50. The van der Waals surface area contributed by atoms with E-state index in [9.17, 15) is 27.9 Å². The lowest BCUT2D eigenvalue weighted by Gasteiger charge is -2.66. The Morgan fingerprint density at radius 1 is 1.19 bits per heavy atom. The quantitative estimate of drug-likeness (QED) is 0.488. The number of piperidine rings is 1. The van der Waals surface area contributed by atoms with Gasteiger partial charge in [-0.25, -0.2) is 4.79 Å². The normalized spacial score (nSPS) is 33.0. The van der Waals surface area contributed by atoms with Crippen molar-refractivity contribution >= 4 is 46.8 Å². The number of benzene rings is 1. The molecule has 5 unspecified atom stereocenters. The molecule has 6 nitrogen and oxygen atoms in total. The highest BCUT2D eigenvalue weighted by Gasteiger charge is 2.73. The van der Waals surface area contributed by atoms with Gasteiger partial charge >= 0.3 is 18.2 Å². The SMILES string of the molecule is CN(C(=O)OCC(Cl)(Cl)Cl)C1CCC23CCC1C21CCN(C(=O)C(F)(F)F)C3Cc2ccc(O)cc21. The standard InChI is InChI=1S/C24H26Cl3F3N2O4/c1-31(20(35)36-12-23(25,26)27)17-5-7-21-6-4-15(17)22(21)8-9-32(19(34)24(28,29)30)18(21)10-13-2-3-14(33)11-16(13)22/h2-3,11,15,17-18,33H,4-10,12H2,1H3. The fourth-order valence-electron chi connectivity index (χ4n) is 8.07. The molecular formula is C24H26Cl3F3N2O4. The second-order valence-electron chi connectivity index (χ2n) is 10.5. The lowest BCUT2D eigenvalue weighted by atomic mass is 9.43. The third-order valence-electron chi connectivity index (χ3n) is 9.17. The van der Waals surface area contributed by atoms with Crippen molar-refractivity contribution in [3.8, 4) is 5.75 Å². The number of aromatic hydroxyl groups is 1. The zero-order valence-electron chi connectivity index (χ0n) is 19.5. The number of fused-ring (bicyclic) bond motifs is 1. The predicted octanol–water partition coefficient (Wildman–Crippen LogP) is 5.35. The van der Waals surface area contributed by atoms with Gasteiger partial charge in [-0.1, -0.05) is 40.9 Å². The molecule has 1 aromatic rings. The number of halogens is 6. The van der Waals surface area contributed by atoms with E-state index < -0.39 is 45.4 Å². The van der Waals surface area contributed by atoms with Gasteiger partial charge in [-0.15, -0.1) is 0 Å². The van der Waals surface area contributed by atoms with Crippen molar-refractivity contribution in [2.45, 2.75) is 66.0 Å². The second-order valence-corrected chi connectivity index (χ2v) is 13.0. The number of carbonyl (C=O) groups excluding carboxylic acids is 2. The Bertz CT molecular complexity index is 1100. The number of phenolic OH excluding ortho intramolecular Hbond substituents is 1. The number of likely N-dealkylation sites (tertiary alicyclic amines) is 1. The van der Waals surface area contributed by atoms with E-state index in [1.165, 1.54) is 11.0 Å². The summed E-state index contributed by atoms with van der Waals surface area (Å²) in [6.45, 7) is -0.453. The Morgan fingerprint density at radius 3 is 2.56 bits per heavy atom. The molecule has 2 saturated carbocycles. The summed E-state index contributed by atoms with van der Waals surface area (Å²) in [6.07, 6.45) is -2.58. The Morgan fingerprint density at radius 2 is 1.89 bits per heavy atom. The first-order chi connectivity index (χ1) is 16.7. The van der Waals surface area contributed by atoms with E-state index in [1.807, 2.05) is 0 Å². The van der Waals surface area contributed by atoms with Crippen molar-refractivity contribution in [2.75, 3.05) is 20.2 Å². The van der Waals surface area contributed by atoms with Gasteiger partial charge in [0.25, 0.3) is 0 Å². The molecule has 0 spiro atoms. The number of alkyl halides is 6. The predicted molar refractivity (Wildman–Crippen MR) is 127 cm³/mol. The van der Waals surface area contributed by atoms with Crippen LogP contribution in [0.1, 0.15) is 43.2 Å². The monoisotopic (exact) mass is 568 g/mol. The summed E-state index contributed by atoms with van der Waals surface area (Å²) in [5.41, 5.74) is 0.602. The van der Waals surface area contributed by atoms with Gasteiger partial charge in [0.15, 0.2) is 0 Å². The van der Waals surface area contributed by atoms with Crippen LogP contribution in [0.4, 0.5) is 18.0 Å². The Hall–Kier alpha value is -1.58. The molecule has 1 N–H and O–H groups in total. The number of hydrogen-bond acceptors (Lipinski definition) is 4. The van der Waals surface area contributed by atoms with Gasteiger partial charge < -0.3 is 19.6 Å². The van der Waals surface area contributed by atoms with Crippen LogP contribution >= 0.6 is 34.8 Å². The first kappa shape index (κ1) is 26.0. The first-order valence-electron chi connectivity index (χ1n) is 11.9. The minimum atomic E-state index is -4.95. The molecule has 1 heterocycles. The minimum absolute atomic E-state index is 0.0372. The second kappa shape index (κ2) is 8.46. The van der Waals surface area contributed by atoms with E-state index in [1.54, 1.807) is 19.2 Å². The van der Waals surface area contributed by atoms with E-state index in [4.69, 9.17) is 39.5 Å². The highest BCUT2D eigenvalue weighted by molar-refractivity contribution is 6.67. The molecule has 1 aliphatic heterocycles. The van der Waals surface area contributed by atoms with Gasteiger partial charge in [0.2, 0.25) is 3.79 Å². The molecule has 5 atom stereocenters. The van der Waals surface area contributed by atoms with Crippen LogP contribution in [-0.2, 0) is 21.4 Å². The first-order valence-corrected chi connectivity index (χ1v) is 13.0. The lowest BCUT2D eigenvalue weighted by Crippen LogP contribution is -2.71. The summed E-state index contributed by atoms with van der Waals surface area (Å²) in [7, 11) is 1.62. The van der Waals surface area contributed by atoms with Crippen molar-refractivity contribution < 1.29 is 32.6 Å². The van der Waals surface area contributed by atoms with Crippen LogP contribution in [0.15, 0.2) is 18.2 Å². The van der Waals surface area contributed by atoms with E-state index in [0.717, 1.165) is 16.0 Å². The summed E-state index contributed by atoms with van der Waals surface area (Å²) >= 11 is 17.2. The molecule has 3 fully saturated rings. The zero-order chi connectivity index (χ0) is 26.3. The van der Waals surface area contributed by atoms with Gasteiger partial charge in [0.1, 0.15) is 12.4 Å². The number of phenols is 1. The molecule has 4 aliphatic rings. The number of hydrogen-bond donors (Lipinski definition) is 1. The van der Waals surface area contributed by atoms with E-state index in [2.05, 4.69) is 0 Å². The Balaban J connectivity index is 1.56. The van der Waals surface area contributed by atoms with Crippen molar-refractivity contribution in [3.05, 3.63) is 29.3 Å². The van der Waals surface area contributed by atoms with Gasteiger partial charge in [-0.05, 0) is 67.7 Å². The Kier molecular flexibility index (Phi) is 6.12. The average Bonchev–Trinajstić information content (AvgIpc) is 3.02. The number of nitrogens with zero attached hydrogens (tertiary/aromatic N) is 2. The van der Waals surface area contributed by atoms with Crippen molar-refractivity contribution in [2.24, 2.45) is 11.3 Å². The molecule has 0 aromatic heterocycles. The van der Waals surface area contributed by atoms with E-state index in [-0.39, 0.29) is 24.3 Å². The third kappa shape index (κ3) is 3.75. The number of ether oxygens (including phenoxy) is 1. The fourth-order valence-corrected chi connectivity index (χ4v) is 8.23. The average molecular weight is 570 g/mol. The summed E-state index contributed by atoms with van der Waals surface area (Å²) in [5.74, 6) is -1.80. The number of rotatable bonds is 2. The zero-order valence-corrected chi connectivity index (χ0v) is 21.7. The highest BCUT2D eigenvalue weighted by atomic mass is 35.6. The molecular weight excluding hydrogens is 544 g/mol. The van der Waals surface area contributed by atoms with Crippen LogP contribution in [0, 0.1) is 11.3 Å². The van der Waals surface area contributed by atoms with Gasteiger partial charge in [0.05, 0.1) is 0 Å². The molecule has 1 aromatic carbocycles. The molecule has 2 amide bonds. The molecule has 1 saturated heterocycles. The summed E-state index contributed by atoms with van der Waals surface area (Å²) in [5, 5.41) is 10.4. The van der Waals surface area contributed by atoms with Crippen LogP contribution in [0.5, 0.6) is 5.75 Å². The molecule has 4 bridgehead atoms. The van der Waals surface area contributed by atoms with Crippen LogP contribution < -0.4 is 0 Å². The maximum atomic E-state index is 13.6. The number of amides is 2. The summed E-state index contributed by atoms with van der Waals surface area (Å²) in [6, 6.07) is 4.13. The lowest BCUT2D eigenvalue weighted by molar-refractivity contribution is -0.199. The molecule has 36 heavy (non-hydrogen) atoms. The molecule has 0 radical (unpaired) electrons. The maximum Gasteiger partial charge on any atom is 0.471 e. The maximum absolute atomic E-state index is 13.6. The van der Waals surface area contributed by atoms with Crippen molar-refractivity contribution in [1.29, 1.82) is 0 Å². The van der Waals surface area contributed by atoms with E-state index in [0.29, 0.717) is 38.5 Å². The van der Waals surface area contributed by atoms with Gasteiger partial charge in [0, 0.05) is 36.5 Å². The van der Waals surface area contributed by atoms with Crippen LogP contribution in [0.2, 0.25) is 0 Å². The topological polar surface area (TPSA) is 70.1 Å². The van der Waals surface area contributed by atoms with Gasteiger partial charge in [-0.2, -0.15) is 13.2 Å². The molecule has 198 valence electrons. The van der Waals surface area contributed by atoms with E-state index >= 15 is 0 Å². The van der Waals surface area contributed by atoms with Crippen molar-refractivity contribution in [3.63, 3.8) is 0 Å². The summed E-state index contributed by atoms with van der Waals surface area (Å²) < 4.78 is 44.2. The molecule has 3 aliphatic carbocycles. The molecule has 5 rings (SSSR count). The molecule has 12 heteroatoms. The minimum Gasteiger partial charge on any atom is -0.508 e. The van der Waals surface area contributed by atoms with Crippen LogP contribution in [0.25, 0.3) is 0 Å². The van der Waals surface area contributed by atoms with Crippen LogP contribution in [0.3, 0.4) is 0 Å². The van der Waals surface area contributed by atoms with Crippen LogP contribution in [-0.4, -0.2) is 69.2 Å². The van der Waals surface area contributed by atoms with Crippen molar-refractivity contribution in [1.82, 2.24) is 9.80 Å². The number of carbonyl (C=O) groups is 2.